The van der Waals surface area contributed by atoms with Gasteiger partial charge in [0.2, 0.25) is 0 Å². The van der Waals surface area contributed by atoms with Gasteiger partial charge in [0.05, 0.1) is 45.1 Å². The van der Waals surface area contributed by atoms with Crippen molar-refractivity contribution >= 4 is 17.5 Å². The molecule has 0 spiro atoms. The minimum absolute atomic E-state index is 0.0120. The molecule has 4 rings (SSSR count). The SMILES string of the molecule is O=C(NC[C@H]1CCCO1)C(=O)NC[C@@H](c1ccco1)[NH+]1CCN(c2ccccc2)CC1. The number of para-hydroxylation sites is 1. The Morgan fingerprint density at radius 1 is 1.06 bits per heavy atom. The second-order valence-electron chi connectivity index (χ2n) is 8.10. The van der Waals surface area contributed by atoms with Crippen LogP contribution in [0.2, 0.25) is 0 Å². The summed E-state index contributed by atoms with van der Waals surface area (Å²) in [4.78, 5) is 28.2. The number of anilines is 1. The fourth-order valence-corrected chi connectivity index (χ4v) is 4.34. The van der Waals surface area contributed by atoms with Gasteiger partial charge in [0.1, 0.15) is 0 Å². The van der Waals surface area contributed by atoms with Gasteiger partial charge >= 0.3 is 11.8 Å². The first-order chi connectivity index (χ1) is 15.2. The summed E-state index contributed by atoms with van der Waals surface area (Å²) in [7, 11) is 0. The van der Waals surface area contributed by atoms with Crippen molar-refractivity contribution in [2.24, 2.45) is 0 Å². The molecule has 2 amide bonds. The zero-order valence-electron chi connectivity index (χ0n) is 17.7. The number of quaternary nitrogens is 1. The molecule has 0 saturated carbocycles. The number of ether oxygens (including phenoxy) is 1. The van der Waals surface area contributed by atoms with Crippen molar-refractivity contribution in [1.29, 1.82) is 0 Å². The van der Waals surface area contributed by atoms with Gasteiger partial charge in [-0.3, -0.25) is 9.59 Å². The van der Waals surface area contributed by atoms with E-state index in [4.69, 9.17) is 9.15 Å². The van der Waals surface area contributed by atoms with Gasteiger partial charge in [-0.05, 0) is 37.1 Å². The summed E-state index contributed by atoms with van der Waals surface area (Å²) in [6, 6.07) is 14.2. The topological polar surface area (TPSA) is 88.2 Å². The molecular weight excluding hydrogens is 396 g/mol. The Hall–Kier alpha value is -2.84. The van der Waals surface area contributed by atoms with Gasteiger partial charge in [0, 0.05) is 18.8 Å². The number of hydrogen-bond donors (Lipinski definition) is 3. The molecule has 1 aromatic carbocycles. The molecule has 31 heavy (non-hydrogen) atoms. The van der Waals surface area contributed by atoms with Gasteiger partial charge in [-0.15, -0.1) is 0 Å². The molecule has 166 valence electrons. The summed E-state index contributed by atoms with van der Waals surface area (Å²) in [6.45, 7) is 5.13. The van der Waals surface area contributed by atoms with E-state index < -0.39 is 11.8 Å². The monoisotopic (exact) mass is 427 g/mol. The van der Waals surface area contributed by atoms with Crippen LogP contribution >= 0.6 is 0 Å². The first-order valence-corrected chi connectivity index (χ1v) is 11.1. The zero-order chi connectivity index (χ0) is 21.5. The Kier molecular flexibility index (Phi) is 7.22. The molecule has 8 heteroatoms. The number of hydrogen-bond acceptors (Lipinski definition) is 5. The Morgan fingerprint density at radius 2 is 1.84 bits per heavy atom. The van der Waals surface area contributed by atoms with Gasteiger partial charge in [0.25, 0.3) is 0 Å². The van der Waals surface area contributed by atoms with Crippen molar-refractivity contribution < 1.29 is 23.6 Å². The maximum absolute atomic E-state index is 12.3. The standard InChI is InChI=1S/C23H30N4O4/c28-22(24-16-19-8-4-14-30-19)23(29)25-17-20(21-9-5-15-31-21)27-12-10-26(11-13-27)18-6-2-1-3-7-18/h1-3,5-7,9,15,19-20H,4,8,10-14,16-17H2,(H,24,28)(H,25,29)/p+1/t19-,20+/m1/s1. The number of carbonyl (C=O) groups excluding carboxylic acids is 2. The van der Waals surface area contributed by atoms with E-state index in [1.54, 1.807) is 6.26 Å². The lowest BCUT2D eigenvalue weighted by molar-refractivity contribution is -0.932. The molecule has 0 unspecified atom stereocenters. The van der Waals surface area contributed by atoms with Gasteiger partial charge in [-0.2, -0.15) is 0 Å². The van der Waals surface area contributed by atoms with Crippen LogP contribution < -0.4 is 20.4 Å². The lowest BCUT2D eigenvalue weighted by Crippen LogP contribution is -3.15. The smallest absolute Gasteiger partial charge is 0.309 e. The highest BCUT2D eigenvalue weighted by molar-refractivity contribution is 6.35. The number of amides is 2. The van der Waals surface area contributed by atoms with E-state index in [9.17, 15) is 9.59 Å². The lowest BCUT2D eigenvalue weighted by atomic mass is 10.1. The third-order valence-corrected chi connectivity index (χ3v) is 6.09. The summed E-state index contributed by atoms with van der Waals surface area (Å²) in [6.07, 6.45) is 3.58. The molecule has 2 atom stereocenters. The van der Waals surface area contributed by atoms with Gasteiger partial charge in [-0.25, -0.2) is 0 Å². The van der Waals surface area contributed by atoms with Crippen LogP contribution in [0.4, 0.5) is 5.69 Å². The fraction of sp³-hybridized carbons (Fsp3) is 0.478. The quantitative estimate of drug-likeness (QED) is 0.547. The number of piperazine rings is 1. The predicted octanol–water partition coefficient (Wildman–Crippen LogP) is 0.137. The number of rotatable bonds is 7. The molecule has 1 aromatic heterocycles. The maximum Gasteiger partial charge on any atom is 0.309 e. The number of furan rings is 1. The minimum Gasteiger partial charge on any atom is -0.463 e. The highest BCUT2D eigenvalue weighted by atomic mass is 16.5. The van der Waals surface area contributed by atoms with Crippen molar-refractivity contribution in [1.82, 2.24) is 10.6 Å². The van der Waals surface area contributed by atoms with E-state index in [0.29, 0.717) is 13.1 Å². The van der Waals surface area contributed by atoms with Crippen LogP contribution in [-0.4, -0.2) is 63.8 Å². The van der Waals surface area contributed by atoms with Crippen molar-refractivity contribution in [3.63, 3.8) is 0 Å². The normalized spacial score (nSPS) is 20.4. The summed E-state index contributed by atoms with van der Waals surface area (Å²) in [5.74, 6) is -0.405. The largest absolute Gasteiger partial charge is 0.463 e. The average Bonchev–Trinajstić information content (AvgIpc) is 3.53. The highest BCUT2D eigenvalue weighted by Gasteiger charge is 2.31. The van der Waals surface area contributed by atoms with Crippen LogP contribution in [0.1, 0.15) is 24.6 Å². The van der Waals surface area contributed by atoms with Gasteiger partial charge in [0.15, 0.2) is 11.8 Å². The van der Waals surface area contributed by atoms with Crippen molar-refractivity contribution in [2.45, 2.75) is 25.0 Å². The average molecular weight is 428 g/mol. The second-order valence-corrected chi connectivity index (χ2v) is 8.10. The molecule has 8 nitrogen and oxygen atoms in total. The molecule has 2 aromatic rings. The first-order valence-electron chi connectivity index (χ1n) is 11.1. The van der Waals surface area contributed by atoms with Crippen LogP contribution in [0.25, 0.3) is 0 Å². The molecule has 2 fully saturated rings. The molecule has 2 saturated heterocycles. The maximum atomic E-state index is 12.3. The first kappa shape index (κ1) is 21.4. The molecule has 0 aliphatic carbocycles. The highest BCUT2D eigenvalue weighted by Crippen LogP contribution is 2.15. The van der Waals surface area contributed by atoms with Crippen LogP contribution in [0.3, 0.4) is 0 Å². The van der Waals surface area contributed by atoms with E-state index in [2.05, 4.69) is 39.8 Å². The van der Waals surface area contributed by atoms with Crippen LogP contribution in [0, 0.1) is 0 Å². The zero-order valence-corrected chi connectivity index (χ0v) is 17.7. The third-order valence-electron chi connectivity index (χ3n) is 6.09. The van der Waals surface area contributed by atoms with E-state index in [-0.39, 0.29) is 12.1 Å². The molecular formula is C23H31N4O4+. The van der Waals surface area contributed by atoms with Crippen molar-refractivity contribution in [2.75, 3.05) is 50.8 Å². The fourth-order valence-electron chi connectivity index (χ4n) is 4.34. The minimum atomic E-state index is -0.614. The summed E-state index contributed by atoms with van der Waals surface area (Å²) in [5.41, 5.74) is 1.23. The molecule has 2 aliphatic heterocycles. The number of carbonyl (C=O) groups is 2. The van der Waals surface area contributed by atoms with E-state index in [1.165, 1.54) is 10.6 Å². The van der Waals surface area contributed by atoms with E-state index in [1.807, 2.05) is 18.2 Å². The van der Waals surface area contributed by atoms with Crippen LogP contribution in [-0.2, 0) is 14.3 Å². The lowest BCUT2D eigenvalue weighted by Gasteiger charge is -2.37. The van der Waals surface area contributed by atoms with Crippen LogP contribution in [0.5, 0.6) is 0 Å². The number of benzene rings is 1. The summed E-state index contributed by atoms with van der Waals surface area (Å²) in [5, 5.41) is 5.47. The molecule has 3 heterocycles. The predicted molar refractivity (Wildman–Crippen MR) is 116 cm³/mol. The Bertz CT molecular complexity index is 829. The van der Waals surface area contributed by atoms with E-state index >= 15 is 0 Å². The second kappa shape index (κ2) is 10.5. The van der Waals surface area contributed by atoms with E-state index in [0.717, 1.165) is 51.4 Å². The molecule has 0 bridgehead atoms. The molecule has 3 N–H and O–H groups in total. The molecule has 0 radical (unpaired) electrons. The number of nitrogens with one attached hydrogen (secondary N) is 3. The van der Waals surface area contributed by atoms with Gasteiger partial charge in [-0.1, -0.05) is 18.2 Å². The van der Waals surface area contributed by atoms with Gasteiger partial charge < -0.3 is 29.6 Å². The Balaban J connectivity index is 1.30. The summed E-state index contributed by atoms with van der Waals surface area (Å²) >= 11 is 0. The van der Waals surface area contributed by atoms with Crippen LogP contribution in [0.15, 0.2) is 53.1 Å². The molecule has 2 aliphatic rings. The van der Waals surface area contributed by atoms with Crippen molar-refractivity contribution in [3.8, 4) is 0 Å². The third kappa shape index (κ3) is 5.65. The summed E-state index contributed by atoms with van der Waals surface area (Å²) < 4.78 is 11.1. The Morgan fingerprint density at radius 3 is 2.52 bits per heavy atom. The number of nitrogens with zero attached hydrogens (tertiary/aromatic N) is 1. The Labute approximate surface area is 182 Å². The van der Waals surface area contributed by atoms with Crippen molar-refractivity contribution in [3.05, 3.63) is 54.5 Å².